The zero-order chi connectivity index (χ0) is 17.1. The zero-order valence-corrected chi connectivity index (χ0v) is 11.6. The molecule has 0 aliphatic heterocycles. The van der Waals surface area contributed by atoms with Gasteiger partial charge in [0.15, 0.2) is 0 Å². The van der Waals surface area contributed by atoms with Crippen LogP contribution in [0.4, 0.5) is 0 Å². The van der Waals surface area contributed by atoms with Crippen LogP contribution in [-0.2, 0) is 19.3 Å². The van der Waals surface area contributed by atoms with Crippen molar-refractivity contribution in [1.82, 2.24) is 20.9 Å². The molecule has 0 aliphatic rings. The minimum Gasteiger partial charge on any atom is -0.480 e. The molecule has 0 unspecified atom stereocenters. The van der Waals surface area contributed by atoms with E-state index >= 15 is 0 Å². The molecule has 1 amide bonds. The van der Waals surface area contributed by atoms with Crippen LogP contribution in [0.5, 0.6) is 0 Å². The number of carboxylic acid groups (broad SMARTS) is 1. The normalized spacial score (nSPS) is 10.0. The lowest BCUT2D eigenvalue weighted by molar-refractivity contribution is -0.228. The van der Waals surface area contributed by atoms with E-state index in [4.69, 9.17) is 20.8 Å². The van der Waals surface area contributed by atoms with Crippen LogP contribution in [0.25, 0.3) is 0 Å². The lowest BCUT2D eigenvalue weighted by Crippen LogP contribution is -2.43. The van der Waals surface area contributed by atoms with Gasteiger partial charge in [-0.05, 0) is 18.8 Å². The second kappa shape index (κ2) is 10.4. The Morgan fingerprint density at radius 2 is 1.73 bits per heavy atom. The van der Waals surface area contributed by atoms with Gasteiger partial charge in [0.05, 0.1) is 13.1 Å². The van der Waals surface area contributed by atoms with E-state index in [1.165, 1.54) is 16.0 Å². The van der Waals surface area contributed by atoms with Gasteiger partial charge in [0.1, 0.15) is 0 Å². The Kier molecular flexibility index (Phi) is 9.24. The summed E-state index contributed by atoms with van der Waals surface area (Å²) >= 11 is 0. The average molecular weight is 322 g/mol. The van der Waals surface area contributed by atoms with Crippen LogP contribution < -0.4 is 11.1 Å². The molecule has 6 N–H and O–H groups in total. The summed E-state index contributed by atoms with van der Waals surface area (Å²) in [6.45, 7) is 5.77. The van der Waals surface area contributed by atoms with E-state index in [9.17, 15) is 9.59 Å². The number of carbonyl (C=O) groups is 2. The Morgan fingerprint density at radius 3 is 2.18 bits per heavy atom. The summed E-state index contributed by atoms with van der Waals surface area (Å²) in [4.78, 5) is 32.4. The highest BCUT2D eigenvalue weighted by Gasteiger charge is 2.19. The third-order valence-electron chi connectivity index (χ3n) is 2.36. The highest BCUT2D eigenvalue weighted by Crippen LogP contribution is 2.10. The van der Waals surface area contributed by atoms with E-state index in [0.29, 0.717) is 0 Å². The first-order chi connectivity index (χ1) is 10.3. The topological polar surface area (TPSA) is 164 Å². The van der Waals surface area contributed by atoms with Gasteiger partial charge in [-0.25, -0.2) is 10.7 Å². The highest BCUT2D eigenvalue weighted by molar-refractivity contribution is 5.77. The lowest BCUT2D eigenvalue weighted by Gasteiger charge is -2.27. The Balaban J connectivity index is 4.78. The predicted molar refractivity (Wildman–Crippen MR) is 68.7 cm³/mol. The van der Waals surface area contributed by atoms with Crippen molar-refractivity contribution in [2.75, 3.05) is 26.2 Å². The Labute approximate surface area is 125 Å². The van der Waals surface area contributed by atoms with Crippen molar-refractivity contribution < 1.29 is 40.1 Å². The van der Waals surface area contributed by atoms with Crippen molar-refractivity contribution in [3.63, 3.8) is 0 Å². The van der Waals surface area contributed by atoms with Gasteiger partial charge in [0.2, 0.25) is 11.8 Å². The van der Waals surface area contributed by atoms with Gasteiger partial charge in [-0.15, -0.1) is 0 Å². The molecule has 22 heavy (non-hydrogen) atoms. The lowest BCUT2D eigenvalue weighted by atomic mass is 10.4. The molecular formula is C10H18N4O8. The molecule has 0 aromatic carbocycles. The summed E-state index contributed by atoms with van der Waals surface area (Å²) in [6.07, 6.45) is 0. The summed E-state index contributed by atoms with van der Waals surface area (Å²) in [5.74, 6) is -2.54. The molecule has 12 heteroatoms. The predicted octanol–water partition coefficient (Wildman–Crippen LogP) is -1.48. The maximum Gasteiger partial charge on any atom is 0.317 e. The van der Waals surface area contributed by atoms with Crippen molar-refractivity contribution in [3.8, 4) is 0 Å². The summed E-state index contributed by atoms with van der Waals surface area (Å²) < 4.78 is 0. The van der Waals surface area contributed by atoms with Gasteiger partial charge >= 0.3 is 5.97 Å². The molecule has 0 bridgehead atoms. The number of hydrogen-bond acceptors (Lipinski definition) is 10. The Morgan fingerprint density at radius 1 is 1.09 bits per heavy atom. The monoisotopic (exact) mass is 322 g/mol. The van der Waals surface area contributed by atoms with E-state index in [-0.39, 0.29) is 24.9 Å². The van der Waals surface area contributed by atoms with Gasteiger partial charge in [0, 0.05) is 13.1 Å². The molecule has 126 valence electrons. The molecule has 12 nitrogen and oxygen atoms in total. The number of nitrogens with zero attached hydrogens (tertiary/aromatic N) is 2. The summed E-state index contributed by atoms with van der Waals surface area (Å²) in [5.41, 5.74) is 2.74. The molecule has 0 fully saturated rings. The first-order valence-corrected chi connectivity index (χ1v) is 5.75. The summed E-state index contributed by atoms with van der Waals surface area (Å²) in [6, 6.07) is 0. The van der Waals surface area contributed by atoms with E-state index in [0.717, 1.165) is 4.90 Å². The number of carbonyl (C=O) groups excluding carboxylic acids is 1. The zero-order valence-electron chi connectivity index (χ0n) is 11.6. The number of hydroxylamine groups is 1. The van der Waals surface area contributed by atoms with Gasteiger partial charge in [-0.2, -0.15) is 0 Å². The van der Waals surface area contributed by atoms with Crippen molar-refractivity contribution in [2.45, 2.75) is 0 Å². The molecule has 0 aromatic rings. The Bertz CT molecular complexity index is 416. The number of hydrogen-bond donors (Lipinski definition) is 6. The number of rotatable bonds is 12. The Hall–Kier alpha value is -2.38. The van der Waals surface area contributed by atoms with E-state index in [1.54, 1.807) is 0 Å². The molecule has 0 spiro atoms. The minimum absolute atomic E-state index is 0.0318. The van der Waals surface area contributed by atoms with Crippen molar-refractivity contribution >= 4 is 11.9 Å². The molecule has 0 aromatic heterocycles. The highest BCUT2D eigenvalue weighted by atomic mass is 17.1. The molecule has 0 saturated carbocycles. The summed E-state index contributed by atoms with van der Waals surface area (Å²) in [5, 5.41) is 34.2. The molecule has 0 heterocycles. The van der Waals surface area contributed by atoms with Crippen LogP contribution in [0.3, 0.4) is 0 Å². The van der Waals surface area contributed by atoms with E-state index in [1.807, 2.05) is 0 Å². The first kappa shape index (κ1) is 19.6. The fraction of sp³-hybridized carbons (Fsp3) is 0.400. The second-order valence-corrected chi connectivity index (χ2v) is 3.86. The van der Waals surface area contributed by atoms with Crippen LogP contribution in [0.2, 0.25) is 0 Å². The van der Waals surface area contributed by atoms with Crippen molar-refractivity contribution in [2.24, 2.45) is 0 Å². The van der Waals surface area contributed by atoms with Crippen molar-refractivity contribution in [3.05, 3.63) is 24.9 Å². The SMILES string of the molecule is C=C(OO)N(CCN(CC(=O)O)CC(=O)NO)C(=C)ONO. The second-order valence-electron chi connectivity index (χ2n) is 3.86. The van der Waals surface area contributed by atoms with Gasteiger partial charge in [0.25, 0.3) is 5.91 Å². The third kappa shape index (κ3) is 7.41. The van der Waals surface area contributed by atoms with E-state index < -0.39 is 25.0 Å². The molecule has 0 aliphatic carbocycles. The molecule has 0 atom stereocenters. The van der Waals surface area contributed by atoms with Crippen LogP contribution in [0, 0.1) is 0 Å². The van der Waals surface area contributed by atoms with Crippen LogP contribution in [-0.4, -0.2) is 68.6 Å². The minimum atomic E-state index is -1.19. The quantitative estimate of drug-likeness (QED) is 0.107. The average Bonchev–Trinajstić information content (AvgIpc) is 2.46. The fourth-order valence-corrected chi connectivity index (χ4v) is 1.43. The first-order valence-electron chi connectivity index (χ1n) is 5.75. The van der Waals surface area contributed by atoms with Gasteiger partial charge in [-0.1, -0.05) is 0 Å². The van der Waals surface area contributed by atoms with Gasteiger partial charge in [-0.3, -0.25) is 29.8 Å². The smallest absolute Gasteiger partial charge is 0.317 e. The third-order valence-corrected chi connectivity index (χ3v) is 2.36. The molecule has 0 saturated heterocycles. The standard InChI is InChI=1S/C10H18N4O8/c1-7(21-12-19)14(8(2)22-20)4-3-13(6-10(16)17)5-9(15)11-18/h12,18-20H,1-6H2,(H,11,15)(H,16,17). The maximum absolute atomic E-state index is 11.1. The molecule has 0 radical (unpaired) electrons. The number of nitrogens with one attached hydrogen (secondary N) is 2. The van der Waals surface area contributed by atoms with Gasteiger partial charge < -0.3 is 14.8 Å². The van der Waals surface area contributed by atoms with Crippen LogP contribution in [0.1, 0.15) is 0 Å². The van der Waals surface area contributed by atoms with E-state index in [2.05, 4.69) is 22.9 Å². The van der Waals surface area contributed by atoms with Crippen LogP contribution in [0.15, 0.2) is 24.9 Å². The maximum atomic E-state index is 11.1. The van der Waals surface area contributed by atoms with Crippen molar-refractivity contribution in [1.29, 1.82) is 0 Å². The number of amides is 1. The number of aliphatic carboxylic acids is 1. The van der Waals surface area contributed by atoms with Crippen LogP contribution >= 0.6 is 0 Å². The summed E-state index contributed by atoms with van der Waals surface area (Å²) in [7, 11) is 0. The fourth-order valence-electron chi connectivity index (χ4n) is 1.43. The molecular weight excluding hydrogens is 304 g/mol. The largest absolute Gasteiger partial charge is 0.480 e. The number of carboxylic acids is 1. The molecule has 0 rings (SSSR count).